The van der Waals surface area contributed by atoms with E-state index in [-0.39, 0.29) is 0 Å². The molecular formula is C30H36FN9O2S. The minimum atomic E-state index is -1.09. The number of nitriles is 1. The molecule has 0 bridgehead atoms. The number of thiophene rings is 1. The number of hydrogen-bond donors (Lipinski definition) is 2. The maximum absolute atomic E-state index is 15.1. The van der Waals surface area contributed by atoms with Crippen LogP contribution in [0.25, 0.3) is 22.6 Å². The number of hydrogen-bond acceptors (Lipinski definition) is 11. The van der Waals surface area contributed by atoms with Crippen molar-refractivity contribution < 1.29 is 14.0 Å². The normalized spacial score (nSPS) is 23.9. The summed E-state index contributed by atoms with van der Waals surface area (Å²) in [6.45, 7) is 4.63. The Bertz CT molecular complexity index is 1760. The van der Waals surface area contributed by atoms with Gasteiger partial charge in [0, 0.05) is 37.1 Å². The van der Waals surface area contributed by atoms with Crippen LogP contribution >= 0.6 is 11.3 Å². The van der Waals surface area contributed by atoms with E-state index < -0.39 is 23.2 Å². The molecule has 43 heavy (non-hydrogen) atoms. The van der Waals surface area contributed by atoms with E-state index in [2.05, 4.69) is 16.3 Å². The van der Waals surface area contributed by atoms with Gasteiger partial charge in [-0.1, -0.05) is 5.16 Å². The van der Waals surface area contributed by atoms with Gasteiger partial charge in [-0.15, -0.1) is 11.3 Å². The van der Waals surface area contributed by atoms with Gasteiger partial charge in [0.25, 0.3) is 0 Å². The first-order chi connectivity index (χ1) is 20.5. The molecular weight excluding hydrogens is 569 g/mol. The third kappa shape index (κ3) is 4.41. The summed E-state index contributed by atoms with van der Waals surface area (Å²) in [5.74, 6) is 1.72. The molecule has 5 heterocycles. The number of aromatic nitrogens is 5. The SMILES string of the molecule is CN1C[C@@H](F)[C@H](n2ncc3c(N(C)CC(C)(C)O)nc(-c4noc5c4CCC[C@@]54CCCc5sc(N)c(C#N)c54)nc32)C1. The summed E-state index contributed by atoms with van der Waals surface area (Å²) in [6, 6.07) is 1.88. The number of likely N-dealkylation sites (N-methyl/N-ethyl adjacent to an activating group) is 2. The number of aliphatic hydroxyl groups is 1. The van der Waals surface area contributed by atoms with Gasteiger partial charge in [-0.25, -0.2) is 19.0 Å². The summed E-state index contributed by atoms with van der Waals surface area (Å²) in [7, 11) is 3.76. The molecule has 7 rings (SSSR count). The van der Waals surface area contributed by atoms with Crippen molar-refractivity contribution in [2.24, 2.45) is 0 Å². The van der Waals surface area contributed by atoms with Crippen LogP contribution in [0, 0.1) is 11.3 Å². The molecule has 3 aliphatic rings. The van der Waals surface area contributed by atoms with Crippen LogP contribution in [0.1, 0.15) is 72.9 Å². The van der Waals surface area contributed by atoms with Crippen molar-refractivity contribution in [3.8, 4) is 17.6 Å². The van der Waals surface area contributed by atoms with Gasteiger partial charge in [-0.2, -0.15) is 10.4 Å². The quantitative estimate of drug-likeness (QED) is 0.342. The van der Waals surface area contributed by atoms with Crippen molar-refractivity contribution >= 4 is 33.2 Å². The molecule has 0 amide bonds. The fraction of sp³-hybridized carbons (Fsp3) is 0.567. The Labute approximate surface area is 253 Å². The highest BCUT2D eigenvalue weighted by Crippen LogP contribution is 2.55. The van der Waals surface area contributed by atoms with Crippen LogP contribution in [0.5, 0.6) is 0 Å². The maximum Gasteiger partial charge on any atom is 0.186 e. The van der Waals surface area contributed by atoms with Gasteiger partial charge in [0.1, 0.15) is 23.1 Å². The number of nitrogens with two attached hydrogens (primary N) is 1. The summed E-state index contributed by atoms with van der Waals surface area (Å²) in [4.78, 5) is 14.9. The molecule has 0 radical (unpaired) electrons. The van der Waals surface area contributed by atoms with Crippen molar-refractivity contribution in [3.63, 3.8) is 0 Å². The van der Waals surface area contributed by atoms with Crippen molar-refractivity contribution in [2.75, 3.05) is 44.4 Å². The minimum absolute atomic E-state index is 0.307. The van der Waals surface area contributed by atoms with Crippen molar-refractivity contribution in [1.29, 1.82) is 5.26 Å². The molecule has 0 unspecified atom stereocenters. The molecule has 0 aromatic carbocycles. The number of halogens is 1. The Hall–Kier alpha value is -3.60. The molecule has 0 saturated carbocycles. The van der Waals surface area contributed by atoms with Crippen molar-refractivity contribution in [1.82, 2.24) is 29.8 Å². The predicted molar refractivity (Wildman–Crippen MR) is 162 cm³/mol. The zero-order valence-electron chi connectivity index (χ0n) is 24.9. The number of rotatable bonds is 5. The number of alkyl halides is 1. The number of aryl methyl sites for hydroxylation is 1. The molecule has 2 aliphatic carbocycles. The van der Waals surface area contributed by atoms with Gasteiger partial charge in [0.2, 0.25) is 0 Å². The number of anilines is 2. The van der Waals surface area contributed by atoms with Gasteiger partial charge in [0.15, 0.2) is 22.9 Å². The Morgan fingerprint density at radius 3 is 2.74 bits per heavy atom. The summed E-state index contributed by atoms with van der Waals surface area (Å²) >= 11 is 1.51. The number of fused-ring (bicyclic) bond motifs is 5. The molecule has 4 aromatic rings. The van der Waals surface area contributed by atoms with Crippen LogP contribution in [0.4, 0.5) is 15.2 Å². The van der Waals surface area contributed by atoms with Crippen molar-refractivity contribution in [2.45, 2.75) is 75.6 Å². The van der Waals surface area contributed by atoms with Crippen LogP contribution in [0.3, 0.4) is 0 Å². The van der Waals surface area contributed by atoms with E-state index in [9.17, 15) is 10.4 Å². The Morgan fingerprint density at radius 2 is 2.05 bits per heavy atom. The average Bonchev–Trinajstić information content (AvgIpc) is 3.71. The van der Waals surface area contributed by atoms with Gasteiger partial charge in [0.05, 0.1) is 34.2 Å². The highest BCUT2D eigenvalue weighted by Gasteiger charge is 2.49. The smallest absolute Gasteiger partial charge is 0.186 e. The molecule has 4 aromatic heterocycles. The molecule has 1 aliphatic heterocycles. The zero-order valence-corrected chi connectivity index (χ0v) is 25.7. The molecule has 226 valence electrons. The maximum atomic E-state index is 15.1. The van der Waals surface area contributed by atoms with E-state index in [0.717, 1.165) is 60.3 Å². The Kier molecular flexibility index (Phi) is 6.54. The van der Waals surface area contributed by atoms with Gasteiger partial charge in [-0.3, -0.25) is 0 Å². The summed E-state index contributed by atoms with van der Waals surface area (Å²) in [6.07, 6.45) is 5.81. The van der Waals surface area contributed by atoms with Gasteiger partial charge in [-0.05, 0) is 65.0 Å². The van der Waals surface area contributed by atoms with E-state index in [1.54, 1.807) is 24.7 Å². The lowest BCUT2D eigenvalue weighted by molar-refractivity contribution is 0.0885. The minimum Gasteiger partial charge on any atom is -0.389 e. The van der Waals surface area contributed by atoms with Gasteiger partial charge < -0.3 is 25.2 Å². The fourth-order valence-electron chi connectivity index (χ4n) is 7.58. The lowest BCUT2D eigenvalue weighted by atomic mass is 9.63. The topological polar surface area (TPSA) is 146 Å². The second-order valence-corrected chi connectivity index (χ2v) is 14.2. The van der Waals surface area contributed by atoms with Crippen molar-refractivity contribution in [3.05, 3.63) is 33.5 Å². The number of nitrogen functional groups attached to an aromatic ring is 1. The van der Waals surface area contributed by atoms with Crippen LogP contribution in [0.15, 0.2) is 10.7 Å². The Balaban J connectivity index is 1.41. The molecule has 1 fully saturated rings. The average molecular weight is 606 g/mol. The zero-order chi connectivity index (χ0) is 30.3. The van der Waals surface area contributed by atoms with E-state index in [0.29, 0.717) is 58.6 Å². The second kappa shape index (κ2) is 9.97. The molecule has 1 spiro atoms. The monoisotopic (exact) mass is 605 g/mol. The van der Waals surface area contributed by atoms with Crippen LogP contribution in [-0.4, -0.2) is 80.4 Å². The Morgan fingerprint density at radius 1 is 1.28 bits per heavy atom. The van der Waals surface area contributed by atoms with Gasteiger partial charge >= 0.3 is 0 Å². The summed E-state index contributed by atoms with van der Waals surface area (Å²) < 4.78 is 23.0. The lowest BCUT2D eigenvalue weighted by Crippen LogP contribution is -2.36. The lowest BCUT2D eigenvalue weighted by Gasteiger charge is -2.39. The third-order valence-corrected chi connectivity index (χ3v) is 10.3. The van der Waals surface area contributed by atoms with E-state index in [1.165, 1.54) is 11.3 Å². The number of nitrogens with zero attached hydrogens (tertiary/aromatic N) is 8. The highest BCUT2D eigenvalue weighted by molar-refractivity contribution is 7.16. The highest BCUT2D eigenvalue weighted by atomic mass is 32.1. The molecule has 11 nitrogen and oxygen atoms in total. The third-order valence-electron chi connectivity index (χ3n) is 9.21. The largest absolute Gasteiger partial charge is 0.389 e. The first-order valence-corrected chi connectivity index (χ1v) is 15.6. The molecule has 3 N–H and O–H groups in total. The van der Waals surface area contributed by atoms with Crippen LogP contribution in [-0.2, 0) is 18.3 Å². The summed E-state index contributed by atoms with van der Waals surface area (Å²) in [5.41, 5.74) is 8.45. The second-order valence-electron chi connectivity index (χ2n) is 13.0. The first kappa shape index (κ1) is 28.2. The molecule has 13 heteroatoms. The van der Waals surface area contributed by atoms with E-state index >= 15 is 4.39 Å². The number of likely N-dealkylation sites (tertiary alicyclic amines) is 1. The van der Waals surface area contributed by atoms with E-state index in [4.69, 9.17) is 20.2 Å². The predicted octanol–water partition coefficient (Wildman–Crippen LogP) is 3.99. The molecule has 3 atom stereocenters. The van der Waals surface area contributed by atoms with Crippen LogP contribution in [0.2, 0.25) is 0 Å². The van der Waals surface area contributed by atoms with E-state index in [1.807, 2.05) is 23.9 Å². The fourth-order valence-corrected chi connectivity index (χ4v) is 8.74. The van der Waals surface area contributed by atoms with Crippen LogP contribution < -0.4 is 10.6 Å². The standard InChI is InChI=1S/C30H36FN9O2S/c1-29(2,41)15-39(4)27-18-12-34-40(20-14-38(3)13-19(20)31)28(18)36-26(35-27)23-16-7-5-9-30(24(16)42-37-23)10-6-8-21-22(30)17(11-32)25(33)43-21/h12,19-20,41H,5-10,13-15,33H2,1-4H3/t19-,20-,30+/m1/s1. The summed E-state index contributed by atoms with van der Waals surface area (Å²) in [5, 5.41) is 31.1. The molecule has 1 saturated heterocycles. The first-order valence-electron chi connectivity index (χ1n) is 14.8.